The van der Waals surface area contributed by atoms with Crippen molar-refractivity contribution >= 4 is 5.78 Å². The Kier molecular flexibility index (Phi) is 3.82. The van der Waals surface area contributed by atoms with Crippen molar-refractivity contribution in [3.05, 3.63) is 29.8 Å². The molecule has 0 amide bonds. The molecule has 1 aromatic rings. The van der Waals surface area contributed by atoms with E-state index in [1.54, 1.807) is 6.92 Å². The number of hydrogen-bond donors (Lipinski definition) is 0. The molecule has 1 aliphatic rings. The Morgan fingerprint density at radius 3 is 2.24 bits per heavy atom. The van der Waals surface area contributed by atoms with Crippen LogP contribution in [0.4, 0.5) is 0 Å². The third kappa shape index (κ3) is 3.32. The van der Waals surface area contributed by atoms with Crippen molar-refractivity contribution < 1.29 is 9.53 Å². The third-order valence-corrected chi connectivity index (χ3v) is 3.57. The van der Waals surface area contributed by atoms with Gasteiger partial charge in [0.05, 0.1) is 6.10 Å². The molecule has 0 aromatic heterocycles. The second-order valence-electron chi connectivity index (χ2n) is 5.02. The molecular weight excluding hydrogens is 212 g/mol. The minimum absolute atomic E-state index is 0.271. The van der Waals surface area contributed by atoms with Crippen LogP contribution in [0.3, 0.4) is 0 Å². The molecule has 92 valence electrons. The molecule has 0 spiro atoms. The predicted octanol–water partition coefficient (Wildman–Crippen LogP) is 3.52. The van der Waals surface area contributed by atoms with Gasteiger partial charge in [0, 0.05) is 5.92 Å². The lowest BCUT2D eigenvalue weighted by molar-refractivity contribution is -0.122. The number of benzene rings is 1. The molecule has 0 N–H and O–H groups in total. The maximum Gasteiger partial charge on any atom is 0.132 e. The molecule has 1 aliphatic carbocycles. The molecule has 0 aliphatic heterocycles. The van der Waals surface area contributed by atoms with E-state index < -0.39 is 0 Å². The maximum atomic E-state index is 11.3. The summed E-state index contributed by atoms with van der Waals surface area (Å²) >= 11 is 0. The molecule has 2 nitrogen and oxygen atoms in total. The Morgan fingerprint density at radius 1 is 1.12 bits per heavy atom. The highest BCUT2D eigenvalue weighted by Crippen LogP contribution is 2.28. The zero-order chi connectivity index (χ0) is 12.3. The highest BCUT2D eigenvalue weighted by atomic mass is 16.5. The van der Waals surface area contributed by atoms with Crippen LogP contribution in [-0.2, 0) is 4.79 Å². The Labute approximate surface area is 103 Å². The molecule has 0 atom stereocenters. The van der Waals surface area contributed by atoms with Crippen LogP contribution < -0.4 is 4.74 Å². The molecule has 0 saturated heterocycles. The molecule has 0 heterocycles. The van der Waals surface area contributed by atoms with Gasteiger partial charge in [0.2, 0.25) is 0 Å². The first-order valence-corrected chi connectivity index (χ1v) is 6.39. The smallest absolute Gasteiger partial charge is 0.132 e. The van der Waals surface area contributed by atoms with Gasteiger partial charge < -0.3 is 4.74 Å². The van der Waals surface area contributed by atoms with E-state index in [-0.39, 0.29) is 12.0 Å². The van der Waals surface area contributed by atoms with E-state index in [9.17, 15) is 4.79 Å². The second-order valence-corrected chi connectivity index (χ2v) is 5.02. The molecule has 1 saturated carbocycles. The normalized spacial score (nSPS) is 24.4. The van der Waals surface area contributed by atoms with E-state index >= 15 is 0 Å². The van der Waals surface area contributed by atoms with Crippen LogP contribution >= 0.6 is 0 Å². The number of hydrogen-bond acceptors (Lipinski definition) is 2. The summed E-state index contributed by atoms with van der Waals surface area (Å²) in [4.78, 5) is 11.3. The number of carbonyl (C=O) groups is 1. The lowest BCUT2D eigenvalue weighted by Crippen LogP contribution is -2.26. The van der Waals surface area contributed by atoms with Gasteiger partial charge in [-0.25, -0.2) is 0 Å². The molecule has 0 unspecified atom stereocenters. The van der Waals surface area contributed by atoms with Crippen LogP contribution in [0.2, 0.25) is 0 Å². The molecule has 2 heteroatoms. The summed E-state index contributed by atoms with van der Waals surface area (Å²) in [6.45, 7) is 3.77. The van der Waals surface area contributed by atoms with Crippen molar-refractivity contribution in [2.45, 2.75) is 45.6 Å². The SMILES string of the molecule is CC(=O)C1CCC(Oc2ccc(C)cc2)CC1. The second kappa shape index (κ2) is 5.35. The largest absolute Gasteiger partial charge is 0.490 e. The Bertz CT molecular complexity index is 372. The van der Waals surface area contributed by atoms with E-state index in [0.717, 1.165) is 31.4 Å². The monoisotopic (exact) mass is 232 g/mol. The molecular formula is C15H20O2. The quantitative estimate of drug-likeness (QED) is 0.797. The molecule has 0 bridgehead atoms. The topological polar surface area (TPSA) is 26.3 Å². The van der Waals surface area contributed by atoms with Crippen molar-refractivity contribution in [1.82, 2.24) is 0 Å². The fraction of sp³-hybridized carbons (Fsp3) is 0.533. The van der Waals surface area contributed by atoms with Gasteiger partial charge in [-0.2, -0.15) is 0 Å². The van der Waals surface area contributed by atoms with Gasteiger partial charge in [-0.05, 0) is 51.7 Å². The van der Waals surface area contributed by atoms with Crippen LogP contribution in [0.5, 0.6) is 5.75 Å². The summed E-state index contributed by atoms with van der Waals surface area (Å²) in [5, 5.41) is 0. The zero-order valence-electron chi connectivity index (χ0n) is 10.6. The van der Waals surface area contributed by atoms with E-state index in [1.165, 1.54) is 5.56 Å². The van der Waals surface area contributed by atoms with Crippen LogP contribution in [0.15, 0.2) is 24.3 Å². The average molecular weight is 232 g/mol. The number of ketones is 1. The molecule has 2 rings (SSSR count). The first kappa shape index (κ1) is 12.2. The van der Waals surface area contributed by atoms with E-state index in [1.807, 2.05) is 12.1 Å². The average Bonchev–Trinajstić information content (AvgIpc) is 2.33. The summed E-state index contributed by atoms with van der Waals surface area (Å²) in [7, 11) is 0. The number of Topliss-reactive ketones (excluding diaryl/α,β-unsaturated/α-hetero) is 1. The molecule has 17 heavy (non-hydrogen) atoms. The van der Waals surface area contributed by atoms with Crippen LogP contribution in [0.25, 0.3) is 0 Å². The van der Waals surface area contributed by atoms with Crippen molar-refractivity contribution in [1.29, 1.82) is 0 Å². The van der Waals surface area contributed by atoms with Gasteiger partial charge in [-0.1, -0.05) is 17.7 Å². The van der Waals surface area contributed by atoms with Crippen LogP contribution in [0, 0.1) is 12.8 Å². The summed E-state index contributed by atoms with van der Waals surface area (Å²) in [6, 6.07) is 8.17. The highest BCUT2D eigenvalue weighted by Gasteiger charge is 2.24. The Balaban J connectivity index is 1.85. The van der Waals surface area contributed by atoms with Crippen molar-refractivity contribution in [3.8, 4) is 5.75 Å². The van der Waals surface area contributed by atoms with Gasteiger partial charge in [0.1, 0.15) is 11.5 Å². The maximum absolute atomic E-state index is 11.3. The Hall–Kier alpha value is -1.31. The minimum Gasteiger partial charge on any atom is -0.490 e. The number of aryl methyl sites for hydroxylation is 1. The molecule has 0 radical (unpaired) electrons. The van der Waals surface area contributed by atoms with Crippen LogP contribution in [-0.4, -0.2) is 11.9 Å². The summed E-state index contributed by atoms with van der Waals surface area (Å²) < 4.78 is 5.93. The van der Waals surface area contributed by atoms with E-state index in [2.05, 4.69) is 19.1 Å². The third-order valence-electron chi connectivity index (χ3n) is 3.57. The predicted molar refractivity (Wildman–Crippen MR) is 68.2 cm³/mol. The molecule has 1 aromatic carbocycles. The van der Waals surface area contributed by atoms with Gasteiger partial charge >= 0.3 is 0 Å². The fourth-order valence-corrected chi connectivity index (χ4v) is 2.40. The lowest BCUT2D eigenvalue weighted by Gasteiger charge is -2.27. The highest BCUT2D eigenvalue weighted by molar-refractivity contribution is 5.78. The van der Waals surface area contributed by atoms with Gasteiger partial charge in [0.15, 0.2) is 0 Å². The zero-order valence-corrected chi connectivity index (χ0v) is 10.6. The van der Waals surface area contributed by atoms with Crippen molar-refractivity contribution in [2.75, 3.05) is 0 Å². The summed E-state index contributed by atoms with van der Waals surface area (Å²) in [5.41, 5.74) is 1.25. The van der Waals surface area contributed by atoms with Gasteiger partial charge in [-0.3, -0.25) is 4.79 Å². The Morgan fingerprint density at radius 2 is 1.71 bits per heavy atom. The minimum atomic E-state index is 0.271. The first-order valence-electron chi connectivity index (χ1n) is 6.39. The standard InChI is InChI=1S/C15H20O2/c1-11-3-7-14(8-4-11)17-15-9-5-13(6-10-15)12(2)16/h3-4,7-8,13,15H,5-6,9-10H2,1-2H3. The summed E-state index contributed by atoms with van der Waals surface area (Å²) in [6.07, 6.45) is 4.24. The van der Waals surface area contributed by atoms with Gasteiger partial charge in [0.25, 0.3) is 0 Å². The molecule has 1 fully saturated rings. The van der Waals surface area contributed by atoms with E-state index in [4.69, 9.17) is 4.74 Å². The first-order chi connectivity index (χ1) is 8.15. The van der Waals surface area contributed by atoms with Crippen LogP contribution in [0.1, 0.15) is 38.2 Å². The lowest BCUT2D eigenvalue weighted by atomic mass is 9.85. The van der Waals surface area contributed by atoms with E-state index in [0.29, 0.717) is 5.78 Å². The number of carbonyl (C=O) groups excluding carboxylic acids is 1. The van der Waals surface area contributed by atoms with Gasteiger partial charge in [-0.15, -0.1) is 0 Å². The number of ether oxygens (including phenoxy) is 1. The number of rotatable bonds is 3. The summed E-state index contributed by atoms with van der Waals surface area (Å²) in [5.74, 6) is 1.55. The van der Waals surface area contributed by atoms with Crippen molar-refractivity contribution in [2.24, 2.45) is 5.92 Å². The van der Waals surface area contributed by atoms with Crippen molar-refractivity contribution in [3.63, 3.8) is 0 Å². The fourth-order valence-electron chi connectivity index (χ4n) is 2.40.